The highest BCUT2D eigenvalue weighted by molar-refractivity contribution is 5.76. The number of carbonyl (C=O) groups is 1. The van der Waals surface area contributed by atoms with Crippen molar-refractivity contribution in [1.29, 1.82) is 0 Å². The molecule has 134 valence electrons. The number of aromatic nitrogens is 2. The molecule has 0 bridgehead atoms. The van der Waals surface area contributed by atoms with Gasteiger partial charge in [0.05, 0.1) is 6.10 Å². The highest BCUT2D eigenvalue weighted by Crippen LogP contribution is 2.25. The Kier molecular flexibility index (Phi) is 5.84. The molecule has 0 spiro atoms. The minimum absolute atomic E-state index is 0.185. The number of hydrogen-bond acceptors (Lipinski definition) is 6. The Labute approximate surface area is 143 Å². The van der Waals surface area contributed by atoms with Gasteiger partial charge in [-0.3, -0.25) is 9.69 Å². The highest BCUT2D eigenvalue weighted by Gasteiger charge is 2.33. The highest BCUT2D eigenvalue weighted by atomic mass is 16.5. The van der Waals surface area contributed by atoms with E-state index in [0.29, 0.717) is 24.8 Å². The molecular formula is C17H28N4O3. The number of rotatable bonds is 6. The maximum Gasteiger partial charge on any atom is 0.226 e. The molecule has 2 aliphatic rings. The second kappa shape index (κ2) is 8.07. The minimum Gasteiger partial charge on any atom is -0.391 e. The van der Waals surface area contributed by atoms with Gasteiger partial charge in [-0.05, 0) is 25.7 Å². The fourth-order valence-corrected chi connectivity index (χ4v) is 3.73. The molecule has 3 rings (SSSR count). The van der Waals surface area contributed by atoms with Crippen molar-refractivity contribution in [3.8, 4) is 0 Å². The van der Waals surface area contributed by atoms with Gasteiger partial charge >= 0.3 is 0 Å². The van der Waals surface area contributed by atoms with Crippen LogP contribution in [0.1, 0.15) is 50.7 Å². The smallest absolute Gasteiger partial charge is 0.226 e. The molecule has 1 amide bonds. The summed E-state index contributed by atoms with van der Waals surface area (Å²) in [6.07, 6.45) is 5.62. The number of carbonyl (C=O) groups excluding carboxylic acids is 1. The van der Waals surface area contributed by atoms with E-state index in [2.05, 4.69) is 15.0 Å². The third-order valence-electron chi connectivity index (χ3n) is 5.19. The van der Waals surface area contributed by atoms with E-state index in [9.17, 15) is 9.90 Å². The summed E-state index contributed by atoms with van der Waals surface area (Å²) < 4.78 is 5.15. The zero-order valence-electron chi connectivity index (χ0n) is 14.5. The molecule has 1 aliphatic carbocycles. The molecule has 7 nitrogen and oxygen atoms in total. The van der Waals surface area contributed by atoms with Gasteiger partial charge < -0.3 is 14.5 Å². The van der Waals surface area contributed by atoms with Crippen molar-refractivity contribution in [3.63, 3.8) is 0 Å². The van der Waals surface area contributed by atoms with Gasteiger partial charge in [-0.15, -0.1) is 0 Å². The zero-order chi connectivity index (χ0) is 16.9. The van der Waals surface area contributed by atoms with Crippen molar-refractivity contribution in [2.24, 2.45) is 0 Å². The Morgan fingerprint density at radius 2 is 2.08 bits per heavy atom. The predicted octanol–water partition coefficient (Wildman–Crippen LogP) is 1.01. The molecule has 2 heterocycles. The van der Waals surface area contributed by atoms with E-state index in [-0.39, 0.29) is 12.0 Å². The second-order valence-electron chi connectivity index (χ2n) is 6.79. The largest absolute Gasteiger partial charge is 0.391 e. The summed E-state index contributed by atoms with van der Waals surface area (Å²) in [7, 11) is 0. The average molecular weight is 336 g/mol. The molecule has 1 saturated heterocycles. The summed E-state index contributed by atoms with van der Waals surface area (Å²) in [4.78, 5) is 20.9. The lowest BCUT2D eigenvalue weighted by atomic mass is 10.1. The third kappa shape index (κ3) is 4.13. The monoisotopic (exact) mass is 336 g/mol. The minimum atomic E-state index is -0.185. The second-order valence-corrected chi connectivity index (χ2v) is 6.79. The normalized spacial score (nSPS) is 25.3. The van der Waals surface area contributed by atoms with Crippen LogP contribution in [0.15, 0.2) is 4.52 Å². The number of hydrogen-bond donors (Lipinski definition) is 1. The lowest BCUT2D eigenvalue weighted by Gasteiger charge is -2.39. The van der Waals surface area contributed by atoms with Crippen LogP contribution in [0.3, 0.4) is 0 Å². The van der Waals surface area contributed by atoms with Crippen LogP contribution in [0.5, 0.6) is 0 Å². The summed E-state index contributed by atoms with van der Waals surface area (Å²) in [5.74, 6) is 1.55. The van der Waals surface area contributed by atoms with Crippen molar-refractivity contribution in [3.05, 3.63) is 11.7 Å². The van der Waals surface area contributed by atoms with E-state index in [1.165, 1.54) is 0 Å². The van der Waals surface area contributed by atoms with Crippen molar-refractivity contribution < 1.29 is 14.4 Å². The van der Waals surface area contributed by atoms with E-state index in [4.69, 9.17) is 4.52 Å². The first-order valence-corrected chi connectivity index (χ1v) is 9.18. The lowest BCUT2D eigenvalue weighted by molar-refractivity contribution is -0.133. The summed E-state index contributed by atoms with van der Waals surface area (Å²) in [6.45, 7) is 5.27. The molecule has 0 aromatic carbocycles. The number of nitrogens with zero attached hydrogens (tertiary/aromatic N) is 4. The summed E-state index contributed by atoms with van der Waals surface area (Å²) >= 11 is 0. The van der Waals surface area contributed by atoms with Gasteiger partial charge in [-0.25, -0.2) is 0 Å². The van der Waals surface area contributed by atoms with E-state index in [1.54, 1.807) is 0 Å². The maximum absolute atomic E-state index is 12.3. The zero-order valence-corrected chi connectivity index (χ0v) is 14.5. The molecule has 0 radical (unpaired) electrons. The topological polar surface area (TPSA) is 82.7 Å². The van der Waals surface area contributed by atoms with E-state index < -0.39 is 0 Å². The van der Waals surface area contributed by atoms with Crippen LogP contribution in [-0.4, -0.2) is 69.3 Å². The van der Waals surface area contributed by atoms with Crippen molar-refractivity contribution in [2.75, 3.05) is 26.2 Å². The Morgan fingerprint density at radius 1 is 1.29 bits per heavy atom. The molecule has 7 heteroatoms. The van der Waals surface area contributed by atoms with E-state index in [0.717, 1.165) is 64.1 Å². The average Bonchev–Trinajstić information content (AvgIpc) is 3.23. The molecule has 1 aromatic heterocycles. The Hall–Kier alpha value is -1.47. The van der Waals surface area contributed by atoms with Gasteiger partial charge in [0.25, 0.3) is 0 Å². The summed E-state index contributed by atoms with van der Waals surface area (Å²) in [5.41, 5.74) is 0. The SMILES string of the molecule is CCc1noc(CCCC(=O)N2CCN(C3CCCC3O)CC2)n1. The Morgan fingerprint density at radius 3 is 2.71 bits per heavy atom. The number of aryl methyl sites for hydroxylation is 2. The number of aliphatic hydroxyl groups excluding tert-OH is 1. The molecular weight excluding hydrogens is 308 g/mol. The Balaban J connectivity index is 1.37. The van der Waals surface area contributed by atoms with Gasteiger partial charge in [0.1, 0.15) is 0 Å². The van der Waals surface area contributed by atoms with Crippen LogP contribution in [0.2, 0.25) is 0 Å². The van der Waals surface area contributed by atoms with Crippen molar-refractivity contribution in [2.45, 2.75) is 64.0 Å². The van der Waals surface area contributed by atoms with Crippen LogP contribution >= 0.6 is 0 Å². The van der Waals surface area contributed by atoms with Gasteiger partial charge in [-0.1, -0.05) is 12.1 Å². The van der Waals surface area contributed by atoms with Gasteiger partial charge in [-0.2, -0.15) is 4.98 Å². The van der Waals surface area contributed by atoms with Gasteiger partial charge in [0, 0.05) is 51.5 Å². The maximum atomic E-state index is 12.3. The third-order valence-corrected chi connectivity index (χ3v) is 5.19. The first-order valence-electron chi connectivity index (χ1n) is 9.18. The molecule has 24 heavy (non-hydrogen) atoms. The van der Waals surface area contributed by atoms with Crippen LogP contribution < -0.4 is 0 Å². The quantitative estimate of drug-likeness (QED) is 0.835. The van der Waals surface area contributed by atoms with Crippen LogP contribution in [0, 0.1) is 0 Å². The van der Waals surface area contributed by atoms with Gasteiger partial charge in [0.2, 0.25) is 11.8 Å². The molecule has 1 aromatic rings. The summed E-state index contributed by atoms with van der Waals surface area (Å²) in [6, 6.07) is 0.299. The number of piperazine rings is 1. The van der Waals surface area contributed by atoms with Gasteiger partial charge in [0.15, 0.2) is 5.82 Å². The molecule has 1 N–H and O–H groups in total. The fraction of sp³-hybridized carbons (Fsp3) is 0.824. The fourth-order valence-electron chi connectivity index (χ4n) is 3.73. The van der Waals surface area contributed by atoms with E-state index in [1.807, 2.05) is 11.8 Å². The summed E-state index contributed by atoms with van der Waals surface area (Å²) in [5, 5.41) is 13.9. The Bertz CT molecular complexity index is 540. The van der Waals surface area contributed by atoms with Crippen molar-refractivity contribution in [1.82, 2.24) is 19.9 Å². The first kappa shape index (κ1) is 17.4. The molecule has 2 fully saturated rings. The van der Waals surface area contributed by atoms with Crippen LogP contribution in [0.25, 0.3) is 0 Å². The van der Waals surface area contributed by atoms with Crippen LogP contribution in [-0.2, 0) is 17.6 Å². The lowest BCUT2D eigenvalue weighted by Crippen LogP contribution is -2.53. The van der Waals surface area contributed by atoms with E-state index >= 15 is 0 Å². The molecule has 1 saturated carbocycles. The number of amides is 1. The standard InChI is InChI=1S/C17H28N4O3/c1-2-15-18-16(24-19-15)7-4-8-17(23)21-11-9-20(10-12-21)13-5-3-6-14(13)22/h13-14,22H,2-12H2,1H3. The van der Waals surface area contributed by atoms with Crippen molar-refractivity contribution >= 4 is 5.91 Å². The molecule has 2 atom stereocenters. The first-order chi connectivity index (χ1) is 11.7. The molecule has 2 unspecified atom stereocenters. The van der Waals surface area contributed by atoms with Crippen LogP contribution in [0.4, 0.5) is 0 Å². The predicted molar refractivity (Wildman–Crippen MR) is 88.4 cm³/mol. The number of aliphatic hydroxyl groups is 1. The molecule has 1 aliphatic heterocycles.